The molecule has 2 aromatic heterocycles. The number of aryl methyl sites for hydroxylation is 1. The average molecular weight is 387 g/mol. The Hall–Kier alpha value is -3.07. The summed E-state index contributed by atoms with van der Waals surface area (Å²) in [5.41, 5.74) is -0.565. The average Bonchev–Trinajstić information content (AvgIpc) is 3.04. The number of nitrogens with one attached hydrogen (secondary N) is 2. The predicted molar refractivity (Wildman–Crippen MR) is 107 cm³/mol. The van der Waals surface area contributed by atoms with Crippen molar-refractivity contribution in [2.24, 2.45) is 7.05 Å². The van der Waals surface area contributed by atoms with Crippen LogP contribution < -0.4 is 21.3 Å². The number of H-pyrrole nitrogens is 1. The first-order valence-electron chi connectivity index (χ1n) is 9.30. The van der Waals surface area contributed by atoms with Gasteiger partial charge in [0.2, 0.25) is 5.95 Å². The van der Waals surface area contributed by atoms with Crippen molar-refractivity contribution >= 4 is 17.1 Å². The van der Waals surface area contributed by atoms with Crippen LogP contribution in [0.2, 0.25) is 0 Å². The summed E-state index contributed by atoms with van der Waals surface area (Å²) >= 11 is 0. The van der Waals surface area contributed by atoms with Crippen LogP contribution in [0.5, 0.6) is 5.75 Å². The quantitative estimate of drug-likeness (QED) is 0.473. The van der Waals surface area contributed by atoms with Crippen LogP contribution in [0.4, 0.5) is 5.95 Å². The number of fused-ring (bicyclic) bond motifs is 1. The number of para-hydroxylation sites is 1. The van der Waals surface area contributed by atoms with Crippen LogP contribution in [-0.4, -0.2) is 43.5 Å². The largest absolute Gasteiger partial charge is 0.491 e. The predicted octanol–water partition coefficient (Wildman–Crippen LogP) is 1.08. The molecule has 0 radical (unpaired) electrons. The summed E-state index contributed by atoms with van der Waals surface area (Å²) in [5.74, 6) is 1.09. The zero-order valence-corrected chi connectivity index (χ0v) is 16.0. The molecule has 0 aliphatic rings. The zero-order valence-electron chi connectivity index (χ0n) is 16.0. The Labute approximate surface area is 161 Å². The Morgan fingerprint density at radius 2 is 2.04 bits per heavy atom. The minimum absolute atomic E-state index is 0.0573. The van der Waals surface area contributed by atoms with Gasteiger partial charge in [0.25, 0.3) is 5.56 Å². The molecule has 1 atom stereocenters. The molecular weight excluding hydrogens is 362 g/mol. The third kappa shape index (κ3) is 4.25. The lowest BCUT2D eigenvalue weighted by molar-refractivity contribution is 0.0938. The molecular formula is C19H25N5O4. The molecule has 150 valence electrons. The SMILES string of the molecule is CCCCNc1nc2c(c(=O)[nH]c(=O)n2C)n1C[C@H](O)COc1ccccc1. The molecule has 0 saturated carbocycles. The third-order valence-electron chi connectivity index (χ3n) is 4.40. The molecule has 9 heteroatoms. The van der Waals surface area contributed by atoms with E-state index < -0.39 is 17.4 Å². The number of unbranched alkanes of at least 4 members (excludes halogenated alkanes) is 1. The molecule has 3 N–H and O–H groups in total. The normalized spacial score (nSPS) is 12.2. The van der Waals surface area contributed by atoms with Crippen molar-refractivity contribution < 1.29 is 9.84 Å². The van der Waals surface area contributed by atoms with E-state index >= 15 is 0 Å². The molecule has 0 aliphatic carbocycles. The van der Waals surface area contributed by atoms with Gasteiger partial charge in [-0.05, 0) is 18.6 Å². The molecule has 0 fully saturated rings. The molecule has 2 heterocycles. The summed E-state index contributed by atoms with van der Waals surface area (Å²) in [6, 6.07) is 9.18. The fourth-order valence-electron chi connectivity index (χ4n) is 2.90. The number of aromatic amines is 1. The first-order valence-corrected chi connectivity index (χ1v) is 9.30. The van der Waals surface area contributed by atoms with Crippen LogP contribution >= 0.6 is 0 Å². The minimum atomic E-state index is -0.874. The summed E-state index contributed by atoms with van der Waals surface area (Å²) < 4.78 is 8.48. The molecule has 1 aromatic carbocycles. The molecule has 0 spiro atoms. The Bertz CT molecular complexity index is 1040. The van der Waals surface area contributed by atoms with E-state index in [9.17, 15) is 14.7 Å². The molecule has 28 heavy (non-hydrogen) atoms. The van der Waals surface area contributed by atoms with Crippen LogP contribution in [0.15, 0.2) is 39.9 Å². The maximum Gasteiger partial charge on any atom is 0.329 e. The number of ether oxygens (including phenoxy) is 1. The molecule has 0 unspecified atom stereocenters. The molecule has 0 aliphatic heterocycles. The standard InChI is InChI=1S/C19H25N5O4/c1-3-4-10-20-18-21-16-15(17(26)22-19(27)23(16)2)24(18)11-13(25)12-28-14-8-6-5-7-9-14/h5-9,13,25H,3-4,10-12H2,1-2H3,(H,20,21)(H,22,26,27)/t13-/m0/s1. The molecule has 3 rings (SSSR count). The fourth-order valence-corrected chi connectivity index (χ4v) is 2.90. The number of imidazole rings is 1. The highest BCUT2D eigenvalue weighted by molar-refractivity contribution is 5.74. The van der Waals surface area contributed by atoms with E-state index in [4.69, 9.17) is 4.74 Å². The smallest absolute Gasteiger partial charge is 0.329 e. The zero-order chi connectivity index (χ0) is 20.1. The number of aliphatic hydroxyl groups excluding tert-OH is 1. The van der Waals surface area contributed by atoms with Gasteiger partial charge in [0.1, 0.15) is 18.5 Å². The summed E-state index contributed by atoms with van der Waals surface area (Å²) in [7, 11) is 1.54. The van der Waals surface area contributed by atoms with Gasteiger partial charge in [-0.2, -0.15) is 4.98 Å². The Kier molecular flexibility index (Phi) is 6.15. The second-order valence-electron chi connectivity index (χ2n) is 6.59. The van der Waals surface area contributed by atoms with E-state index in [2.05, 4.69) is 22.2 Å². The van der Waals surface area contributed by atoms with Crippen molar-refractivity contribution in [1.82, 2.24) is 19.1 Å². The van der Waals surface area contributed by atoms with Gasteiger partial charge in [0, 0.05) is 13.6 Å². The van der Waals surface area contributed by atoms with Crippen molar-refractivity contribution in [3.8, 4) is 5.75 Å². The van der Waals surface area contributed by atoms with E-state index in [0.717, 1.165) is 12.8 Å². The highest BCUT2D eigenvalue weighted by atomic mass is 16.5. The Balaban J connectivity index is 1.88. The van der Waals surface area contributed by atoms with E-state index in [1.807, 2.05) is 18.2 Å². The second-order valence-corrected chi connectivity index (χ2v) is 6.59. The van der Waals surface area contributed by atoms with Gasteiger partial charge in [-0.25, -0.2) is 4.79 Å². The highest BCUT2D eigenvalue weighted by Gasteiger charge is 2.19. The van der Waals surface area contributed by atoms with Gasteiger partial charge in [0.15, 0.2) is 11.2 Å². The van der Waals surface area contributed by atoms with Crippen molar-refractivity contribution in [3.63, 3.8) is 0 Å². The fraction of sp³-hybridized carbons (Fsp3) is 0.421. The van der Waals surface area contributed by atoms with E-state index in [1.54, 1.807) is 23.7 Å². The van der Waals surface area contributed by atoms with Crippen molar-refractivity contribution in [2.45, 2.75) is 32.4 Å². The van der Waals surface area contributed by atoms with Gasteiger partial charge >= 0.3 is 5.69 Å². The van der Waals surface area contributed by atoms with Crippen molar-refractivity contribution in [1.29, 1.82) is 0 Å². The summed E-state index contributed by atoms with van der Waals surface area (Å²) in [5, 5.41) is 13.7. The number of benzene rings is 1. The molecule has 0 amide bonds. The number of hydrogen-bond acceptors (Lipinski definition) is 6. The van der Waals surface area contributed by atoms with Gasteiger partial charge < -0.3 is 19.7 Å². The Morgan fingerprint density at radius 3 is 2.75 bits per heavy atom. The number of anilines is 1. The Morgan fingerprint density at radius 1 is 1.29 bits per heavy atom. The van der Waals surface area contributed by atoms with Gasteiger partial charge in [-0.15, -0.1) is 0 Å². The van der Waals surface area contributed by atoms with Crippen LogP contribution in [0.3, 0.4) is 0 Å². The van der Waals surface area contributed by atoms with Gasteiger partial charge in [-0.3, -0.25) is 14.3 Å². The van der Waals surface area contributed by atoms with E-state index in [-0.39, 0.29) is 24.3 Å². The van der Waals surface area contributed by atoms with Crippen molar-refractivity contribution in [3.05, 3.63) is 51.2 Å². The van der Waals surface area contributed by atoms with Crippen LogP contribution in [0.1, 0.15) is 19.8 Å². The lowest BCUT2D eigenvalue weighted by Gasteiger charge is -2.15. The van der Waals surface area contributed by atoms with E-state index in [1.165, 1.54) is 4.57 Å². The molecule has 9 nitrogen and oxygen atoms in total. The number of nitrogens with zero attached hydrogens (tertiary/aromatic N) is 3. The maximum atomic E-state index is 12.4. The maximum absolute atomic E-state index is 12.4. The van der Waals surface area contributed by atoms with Gasteiger partial charge in [0.05, 0.1) is 6.54 Å². The highest BCUT2D eigenvalue weighted by Crippen LogP contribution is 2.17. The molecule has 0 saturated heterocycles. The van der Waals surface area contributed by atoms with Crippen LogP contribution in [0, 0.1) is 0 Å². The van der Waals surface area contributed by atoms with Gasteiger partial charge in [-0.1, -0.05) is 31.5 Å². The minimum Gasteiger partial charge on any atom is -0.491 e. The first kappa shape index (κ1) is 19.7. The molecule has 3 aromatic rings. The van der Waals surface area contributed by atoms with Crippen LogP contribution in [0.25, 0.3) is 11.2 Å². The number of hydrogen-bond donors (Lipinski definition) is 3. The number of aliphatic hydroxyl groups is 1. The number of rotatable bonds is 9. The monoisotopic (exact) mass is 387 g/mol. The van der Waals surface area contributed by atoms with Crippen molar-refractivity contribution in [2.75, 3.05) is 18.5 Å². The number of aromatic nitrogens is 4. The lowest BCUT2D eigenvalue weighted by Crippen LogP contribution is -2.31. The third-order valence-corrected chi connectivity index (χ3v) is 4.40. The summed E-state index contributed by atoms with van der Waals surface area (Å²) in [4.78, 5) is 31.0. The summed E-state index contributed by atoms with van der Waals surface area (Å²) in [6.07, 6.45) is 1.05. The van der Waals surface area contributed by atoms with Crippen LogP contribution in [-0.2, 0) is 13.6 Å². The first-order chi connectivity index (χ1) is 13.5. The van der Waals surface area contributed by atoms with E-state index in [0.29, 0.717) is 18.2 Å². The second kappa shape index (κ2) is 8.75. The topological polar surface area (TPSA) is 114 Å². The lowest BCUT2D eigenvalue weighted by atomic mass is 10.3. The molecule has 0 bridgehead atoms. The summed E-state index contributed by atoms with van der Waals surface area (Å²) in [6.45, 7) is 2.90.